The minimum atomic E-state index is -1.41. The van der Waals surface area contributed by atoms with Gasteiger partial charge in [-0.25, -0.2) is 4.79 Å². The van der Waals surface area contributed by atoms with Gasteiger partial charge in [-0.3, -0.25) is 19.2 Å². The fourth-order valence-corrected chi connectivity index (χ4v) is 2.11. The Morgan fingerprint density at radius 2 is 1.52 bits per heavy atom. The lowest BCUT2D eigenvalue weighted by molar-refractivity contribution is -0.140. The molecule has 0 bridgehead atoms. The molecule has 0 aliphatic rings. The maximum atomic E-state index is 12.1. The van der Waals surface area contributed by atoms with E-state index in [2.05, 4.69) is 16.0 Å². The number of nitrogens with one attached hydrogen (secondary N) is 3. The molecule has 1 rings (SSSR count). The van der Waals surface area contributed by atoms with Gasteiger partial charge >= 0.3 is 12.1 Å². The number of rotatable bonds is 10. The number of amides is 4. The summed E-state index contributed by atoms with van der Waals surface area (Å²) in [7, 11) is 0. The Labute approximate surface area is 167 Å². The van der Waals surface area contributed by atoms with E-state index in [-0.39, 0.29) is 6.61 Å². The third-order valence-electron chi connectivity index (χ3n) is 3.73. The molecule has 11 heteroatoms. The topological polar surface area (TPSA) is 177 Å². The van der Waals surface area contributed by atoms with Crippen molar-refractivity contribution < 1.29 is 33.8 Å². The molecule has 0 aliphatic heterocycles. The third-order valence-corrected chi connectivity index (χ3v) is 3.73. The minimum absolute atomic E-state index is 0.0257. The molecular weight excluding hydrogens is 384 g/mol. The van der Waals surface area contributed by atoms with Crippen LogP contribution in [0.4, 0.5) is 4.79 Å². The van der Waals surface area contributed by atoms with E-state index in [4.69, 9.17) is 15.6 Å². The lowest BCUT2D eigenvalue weighted by Gasteiger charge is -2.20. The van der Waals surface area contributed by atoms with Crippen LogP contribution in [0.15, 0.2) is 30.3 Å². The number of nitrogens with two attached hydrogens (primary N) is 1. The molecule has 11 nitrogen and oxygen atoms in total. The molecule has 0 fully saturated rings. The molecule has 6 N–H and O–H groups in total. The molecule has 0 aromatic heterocycles. The Kier molecular flexibility index (Phi) is 9.10. The molecule has 0 radical (unpaired) electrons. The van der Waals surface area contributed by atoms with Crippen LogP contribution in [-0.4, -0.2) is 53.0 Å². The average Bonchev–Trinajstić information content (AvgIpc) is 2.65. The molecule has 29 heavy (non-hydrogen) atoms. The van der Waals surface area contributed by atoms with Gasteiger partial charge in [-0.05, 0) is 19.4 Å². The molecular formula is C18H24N4O7. The summed E-state index contributed by atoms with van der Waals surface area (Å²) in [6.45, 7) is 2.74. The zero-order valence-corrected chi connectivity index (χ0v) is 16.0. The highest BCUT2D eigenvalue weighted by molar-refractivity contribution is 5.94. The van der Waals surface area contributed by atoms with Gasteiger partial charge in [0.25, 0.3) is 0 Å². The maximum Gasteiger partial charge on any atom is 0.408 e. The van der Waals surface area contributed by atoms with Crippen LogP contribution < -0.4 is 21.7 Å². The van der Waals surface area contributed by atoms with Crippen molar-refractivity contribution in [3.05, 3.63) is 35.9 Å². The standard InChI is InChI=1S/C18H24N4O7/c1-10(17(27)22-13(15(19)25)8-14(23)24)20-16(26)11(2)21-18(28)29-9-12-6-4-3-5-7-12/h3-7,10-11,13H,8-9H2,1-2H3,(H2,19,25)(H,20,26)(H,21,28)(H,22,27)(H,23,24)/t10-,11-,13-/m0/s1. The summed E-state index contributed by atoms with van der Waals surface area (Å²) in [6, 6.07) is 5.41. The summed E-state index contributed by atoms with van der Waals surface area (Å²) in [5, 5.41) is 15.5. The largest absolute Gasteiger partial charge is 0.481 e. The number of carbonyl (C=O) groups excluding carboxylic acids is 4. The molecule has 1 aromatic rings. The summed E-state index contributed by atoms with van der Waals surface area (Å²) < 4.78 is 5.00. The van der Waals surface area contributed by atoms with Gasteiger partial charge in [-0.2, -0.15) is 0 Å². The Hall–Kier alpha value is -3.63. The van der Waals surface area contributed by atoms with Gasteiger partial charge < -0.3 is 31.5 Å². The molecule has 158 valence electrons. The second kappa shape index (κ2) is 11.3. The molecule has 0 aliphatic carbocycles. The number of hydrogen-bond acceptors (Lipinski definition) is 6. The van der Waals surface area contributed by atoms with E-state index in [1.807, 2.05) is 6.07 Å². The Bertz CT molecular complexity index is 754. The van der Waals surface area contributed by atoms with Gasteiger partial charge in [-0.15, -0.1) is 0 Å². The third kappa shape index (κ3) is 8.73. The highest BCUT2D eigenvalue weighted by Gasteiger charge is 2.26. The second-order valence-electron chi connectivity index (χ2n) is 6.22. The molecule has 0 saturated carbocycles. The quantitative estimate of drug-likeness (QED) is 0.338. The average molecular weight is 408 g/mol. The van der Waals surface area contributed by atoms with E-state index < -0.39 is 54.3 Å². The van der Waals surface area contributed by atoms with Gasteiger partial charge in [0.1, 0.15) is 24.7 Å². The van der Waals surface area contributed by atoms with Gasteiger partial charge in [0.05, 0.1) is 6.42 Å². The van der Waals surface area contributed by atoms with E-state index in [1.165, 1.54) is 13.8 Å². The van der Waals surface area contributed by atoms with Gasteiger partial charge in [0, 0.05) is 0 Å². The van der Waals surface area contributed by atoms with Crippen LogP contribution >= 0.6 is 0 Å². The van der Waals surface area contributed by atoms with Crippen LogP contribution in [0.5, 0.6) is 0 Å². The Balaban J connectivity index is 2.47. The summed E-state index contributed by atoms with van der Waals surface area (Å²) in [6.07, 6.45) is -1.50. The highest BCUT2D eigenvalue weighted by atomic mass is 16.5. The van der Waals surface area contributed by atoms with Crippen LogP contribution in [0.2, 0.25) is 0 Å². The first-order chi connectivity index (χ1) is 13.6. The normalized spacial score (nSPS) is 13.3. The minimum Gasteiger partial charge on any atom is -0.481 e. The SMILES string of the molecule is C[C@H](NC(=O)OCc1ccccc1)C(=O)N[C@@H](C)C(=O)N[C@@H](CC(=O)O)C(N)=O. The van der Waals surface area contributed by atoms with Crippen molar-refractivity contribution in [1.29, 1.82) is 0 Å². The summed E-state index contributed by atoms with van der Waals surface area (Å²) in [4.78, 5) is 57.8. The lowest BCUT2D eigenvalue weighted by Crippen LogP contribution is -2.55. The van der Waals surface area contributed by atoms with Gasteiger partial charge in [0.15, 0.2) is 0 Å². The Morgan fingerprint density at radius 1 is 0.966 bits per heavy atom. The van der Waals surface area contributed by atoms with Crippen LogP contribution in [0, 0.1) is 0 Å². The predicted octanol–water partition coefficient (Wildman–Crippen LogP) is -0.749. The number of aliphatic carboxylic acids is 1. The van der Waals surface area contributed by atoms with Crippen molar-refractivity contribution in [2.45, 2.75) is 45.0 Å². The van der Waals surface area contributed by atoms with Crippen LogP contribution in [0.3, 0.4) is 0 Å². The smallest absolute Gasteiger partial charge is 0.408 e. The lowest BCUT2D eigenvalue weighted by atomic mass is 10.1. The number of carboxylic acid groups (broad SMARTS) is 1. The molecule has 4 amide bonds. The monoisotopic (exact) mass is 408 g/mol. The Morgan fingerprint density at radius 3 is 2.07 bits per heavy atom. The zero-order chi connectivity index (χ0) is 22.0. The van der Waals surface area contributed by atoms with Gasteiger partial charge in [-0.1, -0.05) is 30.3 Å². The van der Waals surface area contributed by atoms with Crippen LogP contribution in [0.25, 0.3) is 0 Å². The first-order valence-electron chi connectivity index (χ1n) is 8.69. The summed E-state index contributed by atoms with van der Waals surface area (Å²) >= 11 is 0. The zero-order valence-electron chi connectivity index (χ0n) is 16.0. The first kappa shape index (κ1) is 23.4. The van der Waals surface area contributed by atoms with Gasteiger partial charge in [0.2, 0.25) is 17.7 Å². The molecule has 0 saturated heterocycles. The first-order valence-corrected chi connectivity index (χ1v) is 8.69. The second-order valence-corrected chi connectivity index (χ2v) is 6.22. The van der Waals surface area contributed by atoms with Crippen LogP contribution in [-0.2, 0) is 30.5 Å². The predicted molar refractivity (Wildman–Crippen MR) is 100 cm³/mol. The number of carboxylic acids is 1. The number of hydrogen-bond donors (Lipinski definition) is 5. The van der Waals surface area contributed by atoms with E-state index in [0.29, 0.717) is 0 Å². The van der Waals surface area contributed by atoms with Crippen molar-refractivity contribution >= 4 is 29.8 Å². The number of primary amides is 1. The van der Waals surface area contributed by atoms with Crippen molar-refractivity contribution in [2.24, 2.45) is 5.73 Å². The number of benzene rings is 1. The van der Waals surface area contributed by atoms with E-state index in [1.54, 1.807) is 24.3 Å². The molecule has 0 unspecified atom stereocenters. The van der Waals surface area contributed by atoms with Crippen molar-refractivity contribution in [3.63, 3.8) is 0 Å². The van der Waals surface area contributed by atoms with Crippen molar-refractivity contribution in [1.82, 2.24) is 16.0 Å². The van der Waals surface area contributed by atoms with Crippen molar-refractivity contribution in [3.8, 4) is 0 Å². The fraction of sp³-hybridized carbons (Fsp3) is 0.389. The molecule has 3 atom stereocenters. The van der Waals surface area contributed by atoms with E-state index >= 15 is 0 Å². The van der Waals surface area contributed by atoms with Crippen LogP contribution in [0.1, 0.15) is 25.8 Å². The number of carbonyl (C=O) groups is 5. The number of ether oxygens (including phenoxy) is 1. The van der Waals surface area contributed by atoms with E-state index in [9.17, 15) is 24.0 Å². The molecule has 0 spiro atoms. The summed E-state index contributed by atoms with van der Waals surface area (Å²) in [5.74, 6) is -3.83. The highest BCUT2D eigenvalue weighted by Crippen LogP contribution is 2.01. The summed E-state index contributed by atoms with van der Waals surface area (Å²) in [5.41, 5.74) is 5.82. The van der Waals surface area contributed by atoms with Crippen molar-refractivity contribution in [2.75, 3.05) is 0 Å². The van der Waals surface area contributed by atoms with E-state index in [0.717, 1.165) is 5.56 Å². The molecule has 0 heterocycles. The maximum absolute atomic E-state index is 12.1. The number of alkyl carbamates (subject to hydrolysis) is 1. The molecule has 1 aromatic carbocycles. The fourth-order valence-electron chi connectivity index (χ4n) is 2.11.